The van der Waals surface area contributed by atoms with E-state index < -0.39 is 0 Å². The maximum Gasteiger partial charge on any atom is 0.267 e. The van der Waals surface area contributed by atoms with E-state index in [1.54, 1.807) is 25.3 Å². The molecule has 7 heteroatoms. The Hall–Kier alpha value is -3.32. The number of phenolic OH excluding ortho intramolecular Hbond substituents is 1. The van der Waals surface area contributed by atoms with Crippen LogP contribution in [0.1, 0.15) is 26.5 Å². The van der Waals surface area contributed by atoms with Gasteiger partial charge in [-0.3, -0.25) is 4.79 Å². The number of aromatic amines is 1. The number of rotatable bonds is 5. The standard InChI is InChI=1S/C21H20N4O2S/c1-12-7-8-17(26)13(2)19(12)25-20(27)18-11-23-21(28-18)22-10-15-9-14-5-3-4-6-16(14)24-15/h3-9,11,24,26H,10H2,1-2H3,(H,22,23)(H,25,27). The highest BCUT2D eigenvalue weighted by Crippen LogP contribution is 2.29. The molecule has 4 aromatic rings. The van der Waals surface area contributed by atoms with Crippen LogP contribution in [-0.2, 0) is 6.54 Å². The van der Waals surface area contributed by atoms with E-state index in [0.29, 0.717) is 27.8 Å². The summed E-state index contributed by atoms with van der Waals surface area (Å²) in [5.41, 5.74) is 4.31. The van der Waals surface area contributed by atoms with Crippen LogP contribution in [0, 0.1) is 13.8 Å². The number of aromatic nitrogens is 2. The molecule has 2 aromatic heterocycles. The molecule has 142 valence electrons. The number of carbonyl (C=O) groups excluding carboxylic acids is 1. The highest BCUT2D eigenvalue weighted by atomic mass is 32.1. The molecule has 0 aliphatic carbocycles. The fourth-order valence-electron chi connectivity index (χ4n) is 3.06. The predicted molar refractivity (Wildman–Crippen MR) is 113 cm³/mol. The van der Waals surface area contributed by atoms with Gasteiger partial charge in [0.2, 0.25) is 0 Å². The van der Waals surface area contributed by atoms with Crippen molar-refractivity contribution in [3.05, 3.63) is 70.4 Å². The summed E-state index contributed by atoms with van der Waals surface area (Å²) in [6, 6.07) is 13.6. The molecule has 0 aliphatic heterocycles. The molecule has 4 N–H and O–H groups in total. The molecule has 1 amide bonds. The zero-order valence-electron chi connectivity index (χ0n) is 15.5. The van der Waals surface area contributed by atoms with Gasteiger partial charge in [-0.2, -0.15) is 0 Å². The molecule has 0 radical (unpaired) electrons. The van der Waals surface area contributed by atoms with Crippen LogP contribution in [0.15, 0.2) is 48.7 Å². The molecule has 0 atom stereocenters. The number of amides is 1. The van der Waals surface area contributed by atoms with Crippen molar-refractivity contribution in [2.45, 2.75) is 20.4 Å². The van der Waals surface area contributed by atoms with Crippen molar-refractivity contribution in [1.82, 2.24) is 9.97 Å². The molecule has 2 aromatic carbocycles. The summed E-state index contributed by atoms with van der Waals surface area (Å²) in [5.74, 6) is -0.0844. The summed E-state index contributed by atoms with van der Waals surface area (Å²) in [4.78, 5) is 20.7. The third-order valence-electron chi connectivity index (χ3n) is 4.63. The number of para-hydroxylation sites is 1. The predicted octanol–water partition coefficient (Wildman–Crippen LogP) is 4.81. The van der Waals surface area contributed by atoms with E-state index in [4.69, 9.17) is 0 Å². The summed E-state index contributed by atoms with van der Waals surface area (Å²) >= 11 is 1.29. The second kappa shape index (κ2) is 7.36. The second-order valence-corrected chi connectivity index (χ2v) is 7.65. The molecule has 0 saturated carbocycles. The molecule has 0 saturated heterocycles. The van der Waals surface area contributed by atoms with Gasteiger partial charge in [0.1, 0.15) is 10.6 Å². The minimum absolute atomic E-state index is 0.158. The van der Waals surface area contributed by atoms with Crippen molar-refractivity contribution >= 4 is 39.0 Å². The highest BCUT2D eigenvalue weighted by molar-refractivity contribution is 7.17. The lowest BCUT2D eigenvalue weighted by Gasteiger charge is -2.11. The first-order valence-corrected chi connectivity index (χ1v) is 9.70. The minimum atomic E-state index is -0.243. The van der Waals surface area contributed by atoms with Gasteiger partial charge >= 0.3 is 0 Å². The molecule has 2 heterocycles. The zero-order valence-corrected chi connectivity index (χ0v) is 16.4. The molecule has 0 bridgehead atoms. The number of hydrogen-bond acceptors (Lipinski definition) is 5. The Kier molecular flexibility index (Phi) is 4.75. The largest absolute Gasteiger partial charge is 0.508 e. The van der Waals surface area contributed by atoms with Gasteiger partial charge in [-0.15, -0.1) is 0 Å². The lowest BCUT2D eigenvalue weighted by atomic mass is 10.1. The molecule has 4 rings (SSSR count). The van der Waals surface area contributed by atoms with Gasteiger partial charge in [0.05, 0.1) is 18.4 Å². The van der Waals surface area contributed by atoms with Gasteiger partial charge in [0, 0.05) is 16.8 Å². The van der Waals surface area contributed by atoms with E-state index >= 15 is 0 Å². The first-order chi connectivity index (χ1) is 13.5. The quantitative estimate of drug-likeness (QED) is 0.392. The van der Waals surface area contributed by atoms with Crippen LogP contribution < -0.4 is 10.6 Å². The molecule has 6 nitrogen and oxygen atoms in total. The van der Waals surface area contributed by atoms with Crippen molar-refractivity contribution in [3.8, 4) is 5.75 Å². The number of carbonyl (C=O) groups is 1. The highest BCUT2D eigenvalue weighted by Gasteiger charge is 2.15. The van der Waals surface area contributed by atoms with E-state index in [1.165, 1.54) is 11.3 Å². The van der Waals surface area contributed by atoms with Crippen molar-refractivity contribution in [3.63, 3.8) is 0 Å². The van der Waals surface area contributed by atoms with E-state index in [9.17, 15) is 9.90 Å². The summed E-state index contributed by atoms with van der Waals surface area (Å²) in [6.07, 6.45) is 1.56. The maximum absolute atomic E-state index is 12.6. The average Bonchev–Trinajstić information content (AvgIpc) is 3.33. The van der Waals surface area contributed by atoms with E-state index in [2.05, 4.69) is 32.7 Å². The summed E-state index contributed by atoms with van der Waals surface area (Å²) in [6.45, 7) is 4.26. The van der Waals surface area contributed by atoms with E-state index in [1.807, 2.05) is 25.1 Å². The number of hydrogen-bond donors (Lipinski definition) is 4. The van der Waals surface area contributed by atoms with Gasteiger partial charge in [0.15, 0.2) is 5.13 Å². The van der Waals surface area contributed by atoms with Crippen molar-refractivity contribution in [2.75, 3.05) is 10.6 Å². The number of fused-ring (bicyclic) bond motifs is 1. The smallest absolute Gasteiger partial charge is 0.267 e. The Labute approximate surface area is 166 Å². The van der Waals surface area contributed by atoms with Crippen molar-refractivity contribution in [2.24, 2.45) is 0 Å². The first-order valence-electron chi connectivity index (χ1n) is 8.88. The van der Waals surface area contributed by atoms with Crippen molar-refractivity contribution < 1.29 is 9.90 Å². The SMILES string of the molecule is Cc1ccc(O)c(C)c1NC(=O)c1cnc(NCc2cc3ccccc3[nH]2)s1. The van der Waals surface area contributed by atoms with Crippen LogP contribution in [0.4, 0.5) is 10.8 Å². The van der Waals surface area contributed by atoms with Crippen LogP contribution in [-0.4, -0.2) is 21.0 Å². The van der Waals surface area contributed by atoms with E-state index in [0.717, 1.165) is 22.2 Å². The third-order valence-corrected chi connectivity index (χ3v) is 5.58. The van der Waals surface area contributed by atoms with Gasteiger partial charge in [-0.25, -0.2) is 4.98 Å². The Morgan fingerprint density at radius 3 is 2.86 bits per heavy atom. The molecular weight excluding hydrogens is 372 g/mol. The van der Waals surface area contributed by atoms with Crippen LogP contribution in [0.5, 0.6) is 5.75 Å². The monoisotopic (exact) mass is 392 g/mol. The maximum atomic E-state index is 12.6. The number of H-pyrrole nitrogens is 1. The van der Waals surface area contributed by atoms with Gasteiger partial charge in [-0.05, 0) is 43.0 Å². The van der Waals surface area contributed by atoms with Crippen LogP contribution in [0.2, 0.25) is 0 Å². The third kappa shape index (κ3) is 3.57. The molecule has 0 aliphatic rings. The summed E-state index contributed by atoms with van der Waals surface area (Å²) in [5, 5.41) is 17.8. The Morgan fingerprint density at radius 2 is 2.04 bits per heavy atom. The fourth-order valence-corrected chi connectivity index (χ4v) is 3.77. The van der Waals surface area contributed by atoms with Crippen LogP contribution in [0.3, 0.4) is 0 Å². The van der Waals surface area contributed by atoms with Crippen LogP contribution in [0.25, 0.3) is 10.9 Å². The van der Waals surface area contributed by atoms with Crippen molar-refractivity contribution in [1.29, 1.82) is 0 Å². The second-order valence-electron chi connectivity index (χ2n) is 6.62. The number of aromatic hydroxyl groups is 1. The summed E-state index contributed by atoms with van der Waals surface area (Å²) in [7, 11) is 0. The molecule has 0 spiro atoms. The Balaban J connectivity index is 1.44. The number of thiazole rings is 1. The summed E-state index contributed by atoms with van der Waals surface area (Å²) < 4.78 is 0. The number of anilines is 2. The molecule has 0 unspecified atom stereocenters. The number of nitrogens with zero attached hydrogens (tertiary/aromatic N) is 1. The Morgan fingerprint density at radius 1 is 1.21 bits per heavy atom. The number of benzene rings is 2. The van der Waals surface area contributed by atoms with Gasteiger partial charge in [-0.1, -0.05) is 35.6 Å². The average molecular weight is 392 g/mol. The van der Waals surface area contributed by atoms with E-state index in [-0.39, 0.29) is 11.7 Å². The molecular formula is C21H20N4O2S. The molecule has 0 fully saturated rings. The number of aryl methyl sites for hydroxylation is 1. The normalized spacial score (nSPS) is 10.9. The fraction of sp³-hybridized carbons (Fsp3) is 0.143. The number of nitrogens with one attached hydrogen (secondary N) is 3. The molecule has 28 heavy (non-hydrogen) atoms. The lowest BCUT2D eigenvalue weighted by Crippen LogP contribution is -2.12. The van der Waals surface area contributed by atoms with Gasteiger partial charge < -0.3 is 20.7 Å². The van der Waals surface area contributed by atoms with Gasteiger partial charge in [0.25, 0.3) is 5.91 Å². The van der Waals surface area contributed by atoms with Crippen LogP contribution >= 0.6 is 11.3 Å². The topological polar surface area (TPSA) is 90.0 Å². The lowest BCUT2D eigenvalue weighted by molar-refractivity contribution is 0.103. The Bertz CT molecular complexity index is 1130. The first kappa shape index (κ1) is 18.1. The zero-order chi connectivity index (χ0) is 19.7. The minimum Gasteiger partial charge on any atom is -0.508 e. The number of phenols is 1.